The predicted octanol–water partition coefficient (Wildman–Crippen LogP) is 4.38. The summed E-state index contributed by atoms with van der Waals surface area (Å²) in [6.07, 6.45) is 0.301. The van der Waals surface area contributed by atoms with Crippen LogP contribution in [0.15, 0.2) is 41.4 Å². The maximum atomic E-state index is 13.8. The van der Waals surface area contributed by atoms with Crippen LogP contribution in [-0.4, -0.2) is 43.4 Å². The molecule has 0 fully saturated rings. The molecule has 0 saturated heterocycles. The molecule has 0 aromatic heterocycles. The number of fused-ring (bicyclic) bond motifs is 3. The minimum atomic E-state index is -2.60. The number of carbonyl (C=O) groups excluding carboxylic acids is 3. The number of phenolic OH excluding ortho intramolecular Hbond substituents is 1. The largest absolute Gasteiger partial charge is 0.511 e. The number of aromatic hydroxyl groups is 1. The van der Waals surface area contributed by atoms with Crippen molar-refractivity contribution in [3.05, 3.63) is 58.1 Å². The average molecular weight is 481 g/mol. The first-order chi connectivity index (χ1) is 16.0. The molecule has 0 bridgehead atoms. The van der Waals surface area contributed by atoms with Gasteiger partial charge in [0.15, 0.2) is 17.2 Å². The zero-order valence-corrected chi connectivity index (χ0v) is 20.9. The fourth-order valence-corrected chi connectivity index (χ4v) is 7.13. The highest BCUT2D eigenvalue weighted by molar-refractivity contribution is 6.25. The van der Waals surface area contributed by atoms with Gasteiger partial charge in [0.1, 0.15) is 22.8 Å². The number of ketones is 3. The van der Waals surface area contributed by atoms with Crippen LogP contribution in [0.1, 0.15) is 69.4 Å². The molecule has 4 N–H and O–H groups in total. The van der Waals surface area contributed by atoms with Crippen molar-refractivity contribution in [3.63, 3.8) is 0 Å². The van der Waals surface area contributed by atoms with E-state index in [2.05, 4.69) is 6.58 Å². The molecule has 0 aliphatic heterocycles. The third-order valence-electron chi connectivity index (χ3n) is 8.35. The molecular formula is C28H32O7. The first kappa shape index (κ1) is 24.9. The number of benzene rings is 1. The first-order valence-corrected chi connectivity index (χ1v) is 11.8. The van der Waals surface area contributed by atoms with Gasteiger partial charge in [-0.15, -0.1) is 0 Å². The Hall–Kier alpha value is -3.19. The van der Waals surface area contributed by atoms with Crippen LogP contribution >= 0.6 is 0 Å². The Kier molecular flexibility index (Phi) is 5.27. The summed E-state index contributed by atoms with van der Waals surface area (Å²) in [7, 11) is 0. The number of rotatable bonds is 3. The van der Waals surface area contributed by atoms with Crippen molar-refractivity contribution in [2.24, 2.45) is 22.7 Å². The van der Waals surface area contributed by atoms with Crippen molar-refractivity contribution in [3.8, 4) is 5.75 Å². The number of carbonyl (C=O) groups is 3. The molecule has 1 unspecified atom stereocenters. The lowest BCUT2D eigenvalue weighted by molar-refractivity contribution is -0.171. The summed E-state index contributed by atoms with van der Waals surface area (Å²) in [5, 5.41) is 45.3. The molecule has 0 amide bonds. The Bertz CT molecular complexity index is 1300. The van der Waals surface area contributed by atoms with Crippen LogP contribution in [0.4, 0.5) is 0 Å². The normalized spacial score (nSPS) is 32.4. The molecule has 0 radical (unpaired) electrons. The van der Waals surface area contributed by atoms with E-state index in [0.717, 1.165) is 6.92 Å². The molecule has 7 nitrogen and oxygen atoms in total. The zero-order chi connectivity index (χ0) is 26.4. The molecular weight excluding hydrogens is 448 g/mol. The van der Waals surface area contributed by atoms with Gasteiger partial charge in [-0.2, -0.15) is 0 Å². The van der Waals surface area contributed by atoms with E-state index in [1.54, 1.807) is 40.7 Å². The van der Waals surface area contributed by atoms with Gasteiger partial charge in [-0.25, -0.2) is 0 Å². The van der Waals surface area contributed by atoms with Gasteiger partial charge in [-0.05, 0) is 49.8 Å². The maximum absolute atomic E-state index is 13.8. The molecule has 7 heteroatoms. The molecule has 0 heterocycles. The monoisotopic (exact) mass is 480 g/mol. The summed E-state index contributed by atoms with van der Waals surface area (Å²) in [6, 6.07) is 3.08. The van der Waals surface area contributed by atoms with Crippen LogP contribution in [0.2, 0.25) is 0 Å². The van der Waals surface area contributed by atoms with Gasteiger partial charge in [0.05, 0.1) is 5.56 Å². The van der Waals surface area contributed by atoms with E-state index in [9.17, 15) is 34.8 Å². The molecule has 0 saturated carbocycles. The highest BCUT2D eigenvalue weighted by Crippen LogP contribution is 2.65. The van der Waals surface area contributed by atoms with E-state index in [4.69, 9.17) is 0 Å². The van der Waals surface area contributed by atoms with Crippen molar-refractivity contribution < 1.29 is 34.8 Å². The number of Topliss-reactive ketones (excluding diaryl/α,β-unsaturated/α-hetero) is 3. The summed E-state index contributed by atoms with van der Waals surface area (Å²) < 4.78 is 0. The second-order valence-electron chi connectivity index (χ2n) is 11.2. The number of phenols is 1. The van der Waals surface area contributed by atoms with E-state index in [0.29, 0.717) is 16.7 Å². The van der Waals surface area contributed by atoms with E-state index in [1.165, 1.54) is 6.07 Å². The van der Waals surface area contributed by atoms with E-state index < -0.39 is 56.8 Å². The first-order valence-electron chi connectivity index (χ1n) is 11.8. The van der Waals surface area contributed by atoms with Gasteiger partial charge in [0.25, 0.3) is 0 Å². The molecule has 4 rings (SSSR count). The fraction of sp³-hybridized carbons (Fsp3) is 0.464. The van der Waals surface area contributed by atoms with Crippen LogP contribution in [0.5, 0.6) is 5.75 Å². The zero-order valence-electron chi connectivity index (χ0n) is 20.9. The number of hydrogen-bond acceptors (Lipinski definition) is 7. The van der Waals surface area contributed by atoms with Crippen LogP contribution in [0, 0.1) is 22.7 Å². The summed E-state index contributed by atoms with van der Waals surface area (Å²) in [4.78, 5) is 39.8. The van der Waals surface area contributed by atoms with Crippen LogP contribution in [0.3, 0.4) is 0 Å². The third kappa shape index (κ3) is 2.91. The van der Waals surface area contributed by atoms with Gasteiger partial charge < -0.3 is 20.4 Å². The number of hydrogen-bond donors (Lipinski definition) is 4. The highest BCUT2D eigenvalue weighted by Gasteiger charge is 2.71. The minimum absolute atomic E-state index is 0.00516. The summed E-state index contributed by atoms with van der Waals surface area (Å²) in [5.74, 6) is -5.16. The van der Waals surface area contributed by atoms with Crippen molar-refractivity contribution in [1.82, 2.24) is 0 Å². The van der Waals surface area contributed by atoms with Crippen molar-refractivity contribution in [2.75, 3.05) is 0 Å². The Balaban J connectivity index is 2.10. The molecule has 4 atom stereocenters. The van der Waals surface area contributed by atoms with E-state index in [1.807, 2.05) is 0 Å². The Morgan fingerprint density at radius 2 is 1.71 bits per heavy atom. The molecule has 1 aromatic rings. The van der Waals surface area contributed by atoms with E-state index >= 15 is 0 Å². The smallest absolute Gasteiger partial charge is 0.209 e. The molecule has 3 aliphatic carbocycles. The van der Waals surface area contributed by atoms with Crippen molar-refractivity contribution in [2.45, 2.75) is 60.0 Å². The molecule has 1 aromatic carbocycles. The maximum Gasteiger partial charge on any atom is 0.209 e. The van der Waals surface area contributed by atoms with Crippen LogP contribution < -0.4 is 0 Å². The van der Waals surface area contributed by atoms with Crippen molar-refractivity contribution in [1.29, 1.82) is 0 Å². The SMILES string of the molecule is C=C(C)c1ccc(O)c2c1C[C@]1(C)C[C@]3(C)C(C(C)C)C(O)=C(C(C)=O)C(=O)[C@]3(O)C(O)=C1C2=O. The van der Waals surface area contributed by atoms with Gasteiger partial charge in [-0.3, -0.25) is 14.4 Å². The van der Waals surface area contributed by atoms with Gasteiger partial charge in [0.2, 0.25) is 5.78 Å². The quantitative estimate of drug-likeness (QED) is 0.472. The predicted molar refractivity (Wildman–Crippen MR) is 130 cm³/mol. The molecule has 186 valence electrons. The lowest BCUT2D eigenvalue weighted by Crippen LogP contribution is -2.67. The fourth-order valence-electron chi connectivity index (χ4n) is 7.13. The van der Waals surface area contributed by atoms with Gasteiger partial charge in [-0.1, -0.05) is 45.9 Å². The highest BCUT2D eigenvalue weighted by atomic mass is 16.3. The number of aliphatic hydroxyl groups excluding tert-OH is 2. The van der Waals surface area contributed by atoms with Crippen LogP contribution in [-0.2, 0) is 16.0 Å². The van der Waals surface area contributed by atoms with Gasteiger partial charge in [0, 0.05) is 22.3 Å². The van der Waals surface area contributed by atoms with Gasteiger partial charge >= 0.3 is 0 Å². The Morgan fingerprint density at radius 3 is 2.23 bits per heavy atom. The second-order valence-corrected chi connectivity index (χ2v) is 11.2. The summed E-state index contributed by atoms with van der Waals surface area (Å²) >= 11 is 0. The topological polar surface area (TPSA) is 132 Å². The molecule has 35 heavy (non-hydrogen) atoms. The second kappa shape index (κ2) is 7.40. The lowest BCUT2D eigenvalue weighted by atomic mass is 9.44. The summed E-state index contributed by atoms with van der Waals surface area (Å²) in [5.41, 5.74) is -3.77. The lowest BCUT2D eigenvalue weighted by Gasteiger charge is -2.59. The van der Waals surface area contributed by atoms with Crippen LogP contribution in [0.25, 0.3) is 5.57 Å². The average Bonchev–Trinajstić information content (AvgIpc) is 2.69. The number of aliphatic hydroxyl groups is 3. The minimum Gasteiger partial charge on any atom is -0.511 e. The number of allylic oxidation sites excluding steroid dienone is 3. The Morgan fingerprint density at radius 1 is 1.11 bits per heavy atom. The third-order valence-corrected chi connectivity index (χ3v) is 8.35. The summed E-state index contributed by atoms with van der Waals surface area (Å²) in [6.45, 7) is 13.9. The van der Waals surface area contributed by atoms with E-state index in [-0.39, 0.29) is 35.6 Å². The van der Waals surface area contributed by atoms with Crippen molar-refractivity contribution >= 4 is 22.9 Å². The Labute approximate surface area is 204 Å². The molecule has 3 aliphatic rings. The molecule has 0 spiro atoms. The standard InChI is InChI=1S/C28H32O7/c1-12(2)15-8-9-17(30)19-16(15)10-26(6)11-27(7)20(13(3)4)22(31)18(14(5)29)24(33)28(27,35)25(34)21(26)23(19)32/h8-9,13,20,30-31,34-35H,1,10-11H2,2-7H3/t20?,26-,27-,28+/m1/s1.